The molecule has 0 aromatic heterocycles. The van der Waals surface area contributed by atoms with Crippen LogP contribution in [0.1, 0.15) is 48.1 Å². The highest BCUT2D eigenvalue weighted by molar-refractivity contribution is 7.92. The molecule has 1 atom stereocenters. The van der Waals surface area contributed by atoms with E-state index in [1.165, 1.54) is 29.8 Å². The molecular weight excluding hydrogens is 418 g/mol. The van der Waals surface area contributed by atoms with Crippen molar-refractivity contribution in [2.24, 2.45) is 0 Å². The molecule has 0 saturated heterocycles. The van der Waals surface area contributed by atoms with E-state index in [1.807, 2.05) is 27.7 Å². The number of nitro groups is 1. The van der Waals surface area contributed by atoms with Gasteiger partial charge >= 0.3 is 0 Å². The van der Waals surface area contributed by atoms with Crippen molar-refractivity contribution < 1.29 is 18.1 Å². The van der Waals surface area contributed by atoms with Gasteiger partial charge in [-0.1, -0.05) is 18.2 Å². The van der Waals surface area contributed by atoms with Gasteiger partial charge in [0, 0.05) is 25.1 Å². The van der Waals surface area contributed by atoms with E-state index in [2.05, 4.69) is 17.4 Å². The van der Waals surface area contributed by atoms with Crippen LogP contribution in [-0.4, -0.2) is 32.0 Å². The third kappa shape index (κ3) is 6.52. The Labute approximate surface area is 183 Å². The molecule has 0 spiro atoms. The zero-order valence-corrected chi connectivity index (χ0v) is 19.3. The molecule has 2 aromatic carbocycles. The van der Waals surface area contributed by atoms with Crippen LogP contribution in [0.15, 0.2) is 36.4 Å². The first-order valence-corrected chi connectivity index (χ1v) is 11.8. The molecule has 0 bridgehead atoms. The smallest absolute Gasteiger partial charge is 0.271 e. The summed E-state index contributed by atoms with van der Waals surface area (Å²) < 4.78 is 25.5. The monoisotopic (exact) mass is 447 g/mol. The van der Waals surface area contributed by atoms with Crippen LogP contribution in [0.25, 0.3) is 0 Å². The zero-order chi connectivity index (χ0) is 23.3. The number of amides is 1. The molecule has 0 saturated carbocycles. The summed E-state index contributed by atoms with van der Waals surface area (Å²) in [7, 11) is -3.66. The molecule has 168 valence electrons. The fraction of sp³-hybridized carbons (Fsp3) is 0.409. The summed E-state index contributed by atoms with van der Waals surface area (Å²) in [6, 6.07) is 9.44. The molecule has 0 fully saturated rings. The van der Waals surface area contributed by atoms with Crippen LogP contribution in [0, 0.1) is 30.9 Å². The first-order valence-electron chi connectivity index (χ1n) is 9.99. The first-order chi connectivity index (χ1) is 14.4. The van der Waals surface area contributed by atoms with E-state index in [0.29, 0.717) is 0 Å². The Hall–Kier alpha value is -2.94. The van der Waals surface area contributed by atoms with Gasteiger partial charge in [0.1, 0.15) is 0 Å². The van der Waals surface area contributed by atoms with Gasteiger partial charge in [0.15, 0.2) is 0 Å². The third-order valence-corrected chi connectivity index (χ3v) is 6.41. The molecule has 0 radical (unpaired) electrons. The van der Waals surface area contributed by atoms with Gasteiger partial charge in [-0.3, -0.25) is 19.2 Å². The molecule has 9 heteroatoms. The molecule has 1 unspecified atom stereocenters. The van der Waals surface area contributed by atoms with Gasteiger partial charge in [0.05, 0.1) is 22.9 Å². The summed E-state index contributed by atoms with van der Waals surface area (Å²) in [6.07, 6.45) is 1.45. The van der Waals surface area contributed by atoms with Crippen LogP contribution in [0.3, 0.4) is 0 Å². The Kier molecular flexibility index (Phi) is 7.78. The summed E-state index contributed by atoms with van der Waals surface area (Å²) in [5.74, 6) is -0.183. The van der Waals surface area contributed by atoms with Gasteiger partial charge < -0.3 is 5.32 Å². The Morgan fingerprint density at radius 1 is 1.13 bits per heavy atom. The molecule has 31 heavy (non-hydrogen) atoms. The van der Waals surface area contributed by atoms with Gasteiger partial charge in [-0.15, -0.1) is 0 Å². The lowest BCUT2D eigenvalue weighted by Gasteiger charge is -2.22. The number of non-ortho nitro benzene ring substituents is 1. The Morgan fingerprint density at radius 3 is 2.39 bits per heavy atom. The summed E-state index contributed by atoms with van der Waals surface area (Å²) >= 11 is 0. The number of benzene rings is 2. The maximum Gasteiger partial charge on any atom is 0.271 e. The number of nitrogens with one attached hydrogen (secondary N) is 1. The van der Waals surface area contributed by atoms with Crippen molar-refractivity contribution in [1.29, 1.82) is 0 Å². The average Bonchev–Trinajstić information content (AvgIpc) is 2.67. The molecule has 0 aliphatic heterocycles. The SMILES string of the molecule is Cc1cc(C)c(C(C)NC(=O)CCCN(c2cccc([N+](=O)[O-])c2)S(C)(=O)=O)cc1C. The molecule has 2 rings (SSSR count). The fourth-order valence-electron chi connectivity index (χ4n) is 3.47. The van der Waals surface area contributed by atoms with Crippen molar-refractivity contribution in [2.45, 2.75) is 46.6 Å². The number of hydrogen-bond donors (Lipinski definition) is 1. The van der Waals surface area contributed by atoms with E-state index in [1.54, 1.807) is 0 Å². The number of nitrogens with zero attached hydrogens (tertiary/aromatic N) is 2. The highest BCUT2D eigenvalue weighted by Crippen LogP contribution is 2.24. The summed E-state index contributed by atoms with van der Waals surface area (Å²) in [5.41, 5.74) is 4.51. The Bertz CT molecular complexity index is 1080. The van der Waals surface area contributed by atoms with Crippen molar-refractivity contribution in [3.63, 3.8) is 0 Å². The van der Waals surface area contributed by atoms with E-state index in [4.69, 9.17) is 0 Å². The molecule has 2 aromatic rings. The lowest BCUT2D eigenvalue weighted by Crippen LogP contribution is -2.32. The summed E-state index contributed by atoms with van der Waals surface area (Å²) in [6.45, 7) is 8.05. The lowest BCUT2D eigenvalue weighted by atomic mass is 9.96. The van der Waals surface area contributed by atoms with Crippen LogP contribution in [0.2, 0.25) is 0 Å². The number of carbonyl (C=O) groups excluding carboxylic acids is 1. The van der Waals surface area contributed by atoms with Crippen LogP contribution in [0.4, 0.5) is 11.4 Å². The standard InChI is InChI=1S/C22H29N3O5S/c1-15-12-17(3)21(13-16(15)2)18(4)23-22(26)10-7-11-24(31(5,29)30)19-8-6-9-20(14-19)25(27)28/h6,8-9,12-14,18H,7,10-11H2,1-5H3,(H,23,26). The van der Waals surface area contributed by atoms with Gasteiger partial charge in [-0.25, -0.2) is 8.42 Å². The minimum atomic E-state index is -3.66. The van der Waals surface area contributed by atoms with E-state index in [-0.39, 0.29) is 42.7 Å². The fourth-order valence-corrected chi connectivity index (χ4v) is 4.43. The number of aryl methyl sites for hydroxylation is 3. The van der Waals surface area contributed by atoms with E-state index in [9.17, 15) is 23.3 Å². The Balaban J connectivity index is 2.03. The normalized spacial score (nSPS) is 12.3. The van der Waals surface area contributed by atoms with Crippen LogP contribution >= 0.6 is 0 Å². The van der Waals surface area contributed by atoms with E-state index >= 15 is 0 Å². The maximum atomic E-state index is 12.4. The predicted molar refractivity (Wildman–Crippen MR) is 122 cm³/mol. The number of sulfonamides is 1. The van der Waals surface area contributed by atoms with E-state index < -0.39 is 14.9 Å². The predicted octanol–water partition coefficient (Wildman–Crippen LogP) is 3.94. The number of nitro benzene ring substituents is 1. The van der Waals surface area contributed by atoms with Crippen LogP contribution in [0.5, 0.6) is 0 Å². The van der Waals surface area contributed by atoms with Crippen molar-refractivity contribution in [3.05, 3.63) is 68.8 Å². The number of anilines is 1. The lowest BCUT2D eigenvalue weighted by molar-refractivity contribution is -0.384. The molecule has 1 amide bonds. The number of carbonyl (C=O) groups is 1. The largest absolute Gasteiger partial charge is 0.350 e. The molecule has 1 N–H and O–H groups in total. The van der Waals surface area contributed by atoms with Gasteiger partial charge in [0.2, 0.25) is 15.9 Å². The molecular formula is C22H29N3O5S. The maximum absolute atomic E-state index is 12.4. The highest BCUT2D eigenvalue weighted by atomic mass is 32.2. The van der Waals surface area contributed by atoms with Crippen molar-refractivity contribution >= 4 is 27.3 Å². The highest BCUT2D eigenvalue weighted by Gasteiger charge is 2.20. The minimum absolute atomic E-state index is 0.0461. The second-order valence-corrected chi connectivity index (χ2v) is 9.70. The van der Waals surface area contributed by atoms with E-state index in [0.717, 1.165) is 27.3 Å². The Morgan fingerprint density at radius 2 is 1.77 bits per heavy atom. The van der Waals surface area contributed by atoms with Crippen molar-refractivity contribution in [3.8, 4) is 0 Å². The van der Waals surface area contributed by atoms with Crippen molar-refractivity contribution in [2.75, 3.05) is 17.1 Å². The van der Waals surface area contributed by atoms with Crippen LogP contribution in [-0.2, 0) is 14.8 Å². The molecule has 0 heterocycles. The van der Waals surface area contributed by atoms with Gasteiger partial charge in [-0.05, 0) is 62.4 Å². The van der Waals surface area contributed by atoms with Gasteiger partial charge in [-0.2, -0.15) is 0 Å². The average molecular weight is 448 g/mol. The minimum Gasteiger partial charge on any atom is -0.350 e. The topological polar surface area (TPSA) is 110 Å². The molecule has 8 nitrogen and oxygen atoms in total. The van der Waals surface area contributed by atoms with Gasteiger partial charge in [0.25, 0.3) is 5.69 Å². The summed E-state index contributed by atoms with van der Waals surface area (Å²) in [4.78, 5) is 22.9. The molecule has 0 aliphatic rings. The first kappa shape index (κ1) is 24.3. The number of hydrogen-bond acceptors (Lipinski definition) is 5. The number of rotatable bonds is 9. The summed E-state index contributed by atoms with van der Waals surface area (Å²) in [5, 5.41) is 14.0. The quantitative estimate of drug-likeness (QED) is 0.462. The zero-order valence-electron chi connectivity index (χ0n) is 18.5. The van der Waals surface area contributed by atoms with Crippen LogP contribution < -0.4 is 9.62 Å². The van der Waals surface area contributed by atoms with Crippen molar-refractivity contribution in [1.82, 2.24) is 5.32 Å². The second kappa shape index (κ2) is 9.91. The molecule has 0 aliphatic carbocycles. The second-order valence-electron chi connectivity index (χ2n) is 7.80. The third-order valence-electron chi connectivity index (χ3n) is 5.22.